The molecule has 1 unspecified atom stereocenters. The summed E-state index contributed by atoms with van der Waals surface area (Å²) in [5.41, 5.74) is 3.01. The SMILES string of the molecule is CCNC(C)Cc1ccc(-c2cc(F)ccc2OC)cc1. The first kappa shape index (κ1) is 15.5. The minimum absolute atomic E-state index is 0.254. The van der Waals surface area contributed by atoms with Gasteiger partial charge in [0.1, 0.15) is 11.6 Å². The van der Waals surface area contributed by atoms with Crippen molar-refractivity contribution in [1.82, 2.24) is 5.32 Å². The first-order chi connectivity index (χ1) is 10.1. The fourth-order valence-electron chi connectivity index (χ4n) is 2.50. The van der Waals surface area contributed by atoms with E-state index in [1.54, 1.807) is 13.2 Å². The van der Waals surface area contributed by atoms with Crippen LogP contribution in [0.1, 0.15) is 19.4 Å². The monoisotopic (exact) mass is 287 g/mol. The summed E-state index contributed by atoms with van der Waals surface area (Å²) >= 11 is 0. The molecule has 112 valence electrons. The van der Waals surface area contributed by atoms with E-state index in [9.17, 15) is 4.39 Å². The summed E-state index contributed by atoms with van der Waals surface area (Å²) in [5.74, 6) is 0.431. The van der Waals surface area contributed by atoms with Gasteiger partial charge in [-0.3, -0.25) is 0 Å². The average molecular weight is 287 g/mol. The Labute approximate surface area is 126 Å². The Morgan fingerprint density at radius 3 is 2.48 bits per heavy atom. The third-order valence-electron chi connectivity index (χ3n) is 3.52. The molecule has 2 aromatic carbocycles. The van der Waals surface area contributed by atoms with Crippen LogP contribution in [0.4, 0.5) is 4.39 Å². The molecule has 0 radical (unpaired) electrons. The second-order valence-corrected chi connectivity index (χ2v) is 5.20. The third-order valence-corrected chi connectivity index (χ3v) is 3.52. The summed E-state index contributed by atoms with van der Waals surface area (Å²) in [5, 5.41) is 3.40. The summed E-state index contributed by atoms with van der Waals surface area (Å²) in [4.78, 5) is 0. The van der Waals surface area contributed by atoms with E-state index in [1.165, 1.54) is 17.7 Å². The van der Waals surface area contributed by atoms with E-state index < -0.39 is 0 Å². The number of likely N-dealkylation sites (N-methyl/N-ethyl adjacent to an activating group) is 1. The number of rotatable bonds is 6. The molecule has 0 saturated carbocycles. The molecule has 0 fully saturated rings. The molecule has 0 saturated heterocycles. The Hall–Kier alpha value is -1.87. The summed E-state index contributed by atoms with van der Waals surface area (Å²) < 4.78 is 18.7. The fourth-order valence-corrected chi connectivity index (χ4v) is 2.50. The van der Waals surface area contributed by atoms with Crippen LogP contribution in [0.5, 0.6) is 5.75 Å². The molecule has 2 rings (SSSR count). The van der Waals surface area contributed by atoms with E-state index in [0.29, 0.717) is 11.8 Å². The van der Waals surface area contributed by atoms with E-state index >= 15 is 0 Å². The minimum atomic E-state index is -0.254. The molecule has 1 atom stereocenters. The van der Waals surface area contributed by atoms with Gasteiger partial charge in [-0.05, 0) is 49.2 Å². The molecule has 1 N–H and O–H groups in total. The molecular formula is C18H22FNO. The fraction of sp³-hybridized carbons (Fsp3) is 0.333. The van der Waals surface area contributed by atoms with Crippen molar-refractivity contribution in [1.29, 1.82) is 0 Å². The molecule has 21 heavy (non-hydrogen) atoms. The number of ether oxygens (including phenoxy) is 1. The summed E-state index contributed by atoms with van der Waals surface area (Å²) in [6.07, 6.45) is 0.981. The maximum Gasteiger partial charge on any atom is 0.126 e. The summed E-state index contributed by atoms with van der Waals surface area (Å²) in [6.45, 7) is 5.25. The van der Waals surface area contributed by atoms with E-state index in [2.05, 4.69) is 31.3 Å². The van der Waals surface area contributed by atoms with Gasteiger partial charge < -0.3 is 10.1 Å². The highest BCUT2D eigenvalue weighted by Crippen LogP contribution is 2.30. The lowest BCUT2D eigenvalue weighted by molar-refractivity contribution is 0.415. The standard InChI is InChI=1S/C18H22FNO/c1-4-20-13(2)11-14-5-7-15(8-6-14)17-12-16(19)9-10-18(17)21-3/h5-10,12-13,20H,4,11H2,1-3H3. The molecule has 0 aromatic heterocycles. The van der Waals surface area contributed by atoms with Crippen molar-refractivity contribution in [3.8, 4) is 16.9 Å². The first-order valence-corrected chi connectivity index (χ1v) is 7.30. The Kier molecular flexibility index (Phi) is 5.34. The highest BCUT2D eigenvalue weighted by atomic mass is 19.1. The van der Waals surface area contributed by atoms with Gasteiger partial charge in [0, 0.05) is 11.6 Å². The van der Waals surface area contributed by atoms with Crippen LogP contribution in [-0.4, -0.2) is 19.7 Å². The van der Waals surface area contributed by atoms with E-state index in [4.69, 9.17) is 4.74 Å². The molecule has 0 amide bonds. The highest BCUT2D eigenvalue weighted by Gasteiger charge is 2.08. The van der Waals surface area contributed by atoms with Crippen LogP contribution in [0.15, 0.2) is 42.5 Å². The molecular weight excluding hydrogens is 265 g/mol. The van der Waals surface area contributed by atoms with E-state index in [0.717, 1.165) is 24.1 Å². The molecule has 2 aromatic rings. The molecule has 0 heterocycles. The Morgan fingerprint density at radius 2 is 1.86 bits per heavy atom. The maximum atomic E-state index is 13.4. The Morgan fingerprint density at radius 1 is 1.14 bits per heavy atom. The zero-order chi connectivity index (χ0) is 15.2. The predicted molar refractivity (Wildman–Crippen MR) is 85.2 cm³/mol. The van der Waals surface area contributed by atoms with Crippen molar-refractivity contribution in [2.75, 3.05) is 13.7 Å². The number of methoxy groups -OCH3 is 1. The van der Waals surface area contributed by atoms with Gasteiger partial charge in [0.25, 0.3) is 0 Å². The molecule has 0 aliphatic carbocycles. The molecule has 0 bridgehead atoms. The van der Waals surface area contributed by atoms with E-state index in [-0.39, 0.29) is 5.82 Å². The largest absolute Gasteiger partial charge is 0.496 e. The number of hydrogen-bond acceptors (Lipinski definition) is 2. The van der Waals surface area contributed by atoms with Gasteiger partial charge in [0.05, 0.1) is 7.11 Å². The van der Waals surface area contributed by atoms with E-state index in [1.807, 2.05) is 12.1 Å². The lowest BCUT2D eigenvalue weighted by atomic mass is 10.0. The van der Waals surface area contributed by atoms with Crippen LogP contribution >= 0.6 is 0 Å². The number of benzene rings is 2. The van der Waals surface area contributed by atoms with Crippen molar-refractivity contribution in [2.24, 2.45) is 0 Å². The molecule has 0 aliphatic heterocycles. The number of hydrogen-bond donors (Lipinski definition) is 1. The molecule has 2 nitrogen and oxygen atoms in total. The normalized spacial score (nSPS) is 12.2. The van der Waals surface area contributed by atoms with Gasteiger partial charge in [-0.1, -0.05) is 31.2 Å². The molecule has 3 heteroatoms. The van der Waals surface area contributed by atoms with Crippen LogP contribution in [-0.2, 0) is 6.42 Å². The van der Waals surface area contributed by atoms with Gasteiger partial charge in [-0.15, -0.1) is 0 Å². The van der Waals surface area contributed by atoms with Gasteiger partial charge in [0.15, 0.2) is 0 Å². The maximum absolute atomic E-state index is 13.4. The van der Waals surface area contributed by atoms with Crippen molar-refractivity contribution in [3.63, 3.8) is 0 Å². The first-order valence-electron chi connectivity index (χ1n) is 7.30. The van der Waals surface area contributed by atoms with Gasteiger partial charge >= 0.3 is 0 Å². The number of nitrogens with one attached hydrogen (secondary N) is 1. The van der Waals surface area contributed by atoms with Gasteiger partial charge in [0.2, 0.25) is 0 Å². The molecule has 0 spiro atoms. The van der Waals surface area contributed by atoms with Gasteiger partial charge in [-0.2, -0.15) is 0 Å². The van der Waals surface area contributed by atoms with Crippen molar-refractivity contribution in [2.45, 2.75) is 26.3 Å². The molecule has 0 aliphatic rings. The Balaban J connectivity index is 2.21. The topological polar surface area (TPSA) is 21.3 Å². The van der Waals surface area contributed by atoms with Crippen molar-refractivity contribution >= 4 is 0 Å². The predicted octanol–water partition coefficient (Wildman–Crippen LogP) is 4.04. The van der Waals surface area contributed by atoms with Crippen LogP contribution < -0.4 is 10.1 Å². The van der Waals surface area contributed by atoms with Crippen LogP contribution in [0.25, 0.3) is 11.1 Å². The quantitative estimate of drug-likeness (QED) is 0.865. The second kappa shape index (κ2) is 7.23. The third kappa shape index (κ3) is 4.05. The number of halogens is 1. The second-order valence-electron chi connectivity index (χ2n) is 5.20. The van der Waals surface area contributed by atoms with Crippen molar-refractivity contribution in [3.05, 3.63) is 53.8 Å². The zero-order valence-electron chi connectivity index (χ0n) is 12.8. The van der Waals surface area contributed by atoms with Crippen LogP contribution in [0.2, 0.25) is 0 Å². The van der Waals surface area contributed by atoms with Crippen LogP contribution in [0.3, 0.4) is 0 Å². The summed E-state index contributed by atoms with van der Waals surface area (Å²) in [6, 6.07) is 13.2. The minimum Gasteiger partial charge on any atom is -0.496 e. The van der Waals surface area contributed by atoms with Crippen LogP contribution in [0, 0.1) is 5.82 Å². The average Bonchev–Trinajstić information content (AvgIpc) is 2.48. The highest BCUT2D eigenvalue weighted by molar-refractivity contribution is 5.70. The van der Waals surface area contributed by atoms with Crippen molar-refractivity contribution < 1.29 is 9.13 Å². The lowest BCUT2D eigenvalue weighted by Crippen LogP contribution is -2.27. The zero-order valence-corrected chi connectivity index (χ0v) is 12.8. The Bertz CT molecular complexity index is 580. The lowest BCUT2D eigenvalue weighted by Gasteiger charge is -2.13. The van der Waals surface area contributed by atoms with Gasteiger partial charge in [-0.25, -0.2) is 4.39 Å². The smallest absolute Gasteiger partial charge is 0.126 e. The summed E-state index contributed by atoms with van der Waals surface area (Å²) in [7, 11) is 1.60.